The minimum absolute atomic E-state index is 0.432. The molecule has 4 aromatic carbocycles. The summed E-state index contributed by atoms with van der Waals surface area (Å²) in [7, 11) is 9.23. The first-order valence-electron chi connectivity index (χ1n) is 13.8. The van der Waals surface area contributed by atoms with Crippen LogP contribution in [0.4, 0.5) is 11.4 Å². The van der Waals surface area contributed by atoms with Crippen LogP contribution in [0.3, 0.4) is 0 Å². The van der Waals surface area contributed by atoms with E-state index in [1.54, 1.807) is 14.2 Å². The number of aromatic nitrogens is 2. The number of benzene rings is 4. The van der Waals surface area contributed by atoms with Gasteiger partial charge in [-0.05, 0) is 48.0 Å². The van der Waals surface area contributed by atoms with Crippen LogP contribution in [0.25, 0.3) is 40.0 Å². The zero-order valence-corrected chi connectivity index (χ0v) is 24.6. The lowest BCUT2D eigenvalue weighted by Gasteiger charge is -2.12. The lowest BCUT2D eigenvalue weighted by atomic mass is 10.0. The van der Waals surface area contributed by atoms with Gasteiger partial charge in [0.25, 0.3) is 0 Å². The predicted octanol–water partition coefficient (Wildman–Crippen LogP) is 7.63. The van der Waals surface area contributed by atoms with E-state index in [9.17, 15) is 0 Å². The van der Waals surface area contributed by atoms with Crippen molar-refractivity contribution in [2.24, 2.45) is 0 Å². The Morgan fingerprint density at radius 3 is 2.10 bits per heavy atom. The van der Waals surface area contributed by atoms with Crippen LogP contribution < -0.4 is 24.4 Å². The van der Waals surface area contributed by atoms with E-state index in [1.165, 1.54) is 0 Å². The van der Waals surface area contributed by atoms with Crippen molar-refractivity contribution in [3.8, 4) is 51.2 Å². The Labute approximate surface area is 247 Å². The minimum atomic E-state index is 0.432. The van der Waals surface area contributed by atoms with Crippen LogP contribution in [0.2, 0.25) is 0 Å². The Morgan fingerprint density at radius 1 is 0.786 bits per heavy atom. The molecule has 0 aliphatic rings. The highest BCUT2D eigenvalue weighted by Gasteiger charge is 2.16. The highest BCUT2D eigenvalue weighted by molar-refractivity contribution is 5.82. The van der Waals surface area contributed by atoms with Crippen molar-refractivity contribution in [1.29, 1.82) is 0 Å². The zero-order valence-electron chi connectivity index (χ0n) is 24.6. The summed E-state index contributed by atoms with van der Waals surface area (Å²) in [5.74, 6) is 2.85. The monoisotopic (exact) mass is 560 g/mol. The van der Waals surface area contributed by atoms with Gasteiger partial charge in [-0.1, -0.05) is 54.6 Å². The molecule has 5 rings (SSSR count). The SMILES string of the molecule is CNc1ccc(-c2[nH]c(-c3ccc(/C=C/COc4ccc(OC)c(OC)c4)cc3)nc2-c2ccc(N(C)C)cc2)cc1. The van der Waals surface area contributed by atoms with E-state index in [-0.39, 0.29) is 0 Å². The van der Waals surface area contributed by atoms with Crippen LogP contribution in [0.5, 0.6) is 17.2 Å². The molecular formula is C35H36N4O3. The number of aromatic amines is 1. The summed E-state index contributed by atoms with van der Waals surface area (Å²) in [5.41, 5.74) is 8.34. The van der Waals surface area contributed by atoms with Gasteiger partial charge in [0.1, 0.15) is 18.2 Å². The van der Waals surface area contributed by atoms with Crippen molar-refractivity contribution in [1.82, 2.24) is 9.97 Å². The van der Waals surface area contributed by atoms with E-state index in [4.69, 9.17) is 19.2 Å². The molecule has 7 heteroatoms. The Balaban J connectivity index is 1.35. The van der Waals surface area contributed by atoms with E-state index in [0.717, 1.165) is 50.8 Å². The molecule has 0 spiro atoms. The van der Waals surface area contributed by atoms with Crippen LogP contribution in [0.1, 0.15) is 5.56 Å². The number of nitrogens with zero attached hydrogens (tertiary/aromatic N) is 2. The van der Waals surface area contributed by atoms with Gasteiger partial charge in [0.15, 0.2) is 11.5 Å². The number of methoxy groups -OCH3 is 2. The van der Waals surface area contributed by atoms with Gasteiger partial charge in [-0.25, -0.2) is 4.98 Å². The van der Waals surface area contributed by atoms with Crippen LogP contribution in [0, 0.1) is 0 Å². The van der Waals surface area contributed by atoms with Crippen LogP contribution in [-0.4, -0.2) is 51.9 Å². The van der Waals surface area contributed by atoms with E-state index in [1.807, 2.05) is 51.5 Å². The van der Waals surface area contributed by atoms with Gasteiger partial charge in [0.2, 0.25) is 0 Å². The highest BCUT2D eigenvalue weighted by Crippen LogP contribution is 2.35. The highest BCUT2D eigenvalue weighted by atomic mass is 16.5. The average molecular weight is 561 g/mol. The van der Waals surface area contributed by atoms with E-state index < -0.39 is 0 Å². The van der Waals surface area contributed by atoms with Crippen molar-refractivity contribution < 1.29 is 14.2 Å². The van der Waals surface area contributed by atoms with Gasteiger partial charge in [-0.15, -0.1) is 0 Å². The molecular weight excluding hydrogens is 524 g/mol. The zero-order chi connectivity index (χ0) is 29.5. The third-order valence-electron chi connectivity index (χ3n) is 7.02. The molecule has 1 aromatic heterocycles. The molecule has 0 atom stereocenters. The number of hydrogen-bond acceptors (Lipinski definition) is 6. The normalized spacial score (nSPS) is 11.0. The molecule has 0 bridgehead atoms. The van der Waals surface area contributed by atoms with E-state index in [2.05, 4.69) is 88.0 Å². The van der Waals surface area contributed by atoms with E-state index >= 15 is 0 Å². The molecule has 0 unspecified atom stereocenters. The summed E-state index contributed by atoms with van der Waals surface area (Å²) in [4.78, 5) is 10.8. The fraction of sp³-hybridized carbons (Fsp3) is 0.171. The third kappa shape index (κ3) is 6.41. The number of ether oxygens (including phenoxy) is 3. The molecule has 0 fully saturated rings. The molecule has 1 heterocycles. The lowest BCUT2D eigenvalue weighted by molar-refractivity contribution is 0.339. The number of H-pyrrole nitrogens is 1. The van der Waals surface area contributed by atoms with Gasteiger partial charge in [0.05, 0.1) is 25.6 Å². The summed E-state index contributed by atoms with van der Waals surface area (Å²) in [6, 6.07) is 30.7. The van der Waals surface area contributed by atoms with Crippen molar-refractivity contribution in [2.75, 3.05) is 52.2 Å². The third-order valence-corrected chi connectivity index (χ3v) is 7.02. The first-order valence-corrected chi connectivity index (χ1v) is 13.8. The Morgan fingerprint density at radius 2 is 1.45 bits per heavy atom. The summed E-state index contributed by atoms with van der Waals surface area (Å²) in [6.45, 7) is 0.432. The molecule has 0 radical (unpaired) electrons. The number of nitrogens with one attached hydrogen (secondary N) is 2. The van der Waals surface area contributed by atoms with Crippen LogP contribution in [-0.2, 0) is 0 Å². The average Bonchev–Trinajstić information content (AvgIpc) is 3.49. The lowest BCUT2D eigenvalue weighted by Crippen LogP contribution is -2.07. The van der Waals surface area contributed by atoms with Gasteiger partial charge in [0, 0.05) is 55.3 Å². The fourth-order valence-corrected chi connectivity index (χ4v) is 4.64. The smallest absolute Gasteiger partial charge is 0.164 e. The largest absolute Gasteiger partial charge is 0.493 e. The van der Waals surface area contributed by atoms with Gasteiger partial charge < -0.3 is 29.4 Å². The molecule has 2 N–H and O–H groups in total. The molecule has 42 heavy (non-hydrogen) atoms. The van der Waals surface area contributed by atoms with Gasteiger partial charge >= 0.3 is 0 Å². The van der Waals surface area contributed by atoms with Crippen LogP contribution in [0.15, 0.2) is 97.1 Å². The summed E-state index contributed by atoms with van der Waals surface area (Å²) in [5, 5.41) is 3.19. The molecule has 0 aliphatic carbocycles. The fourth-order valence-electron chi connectivity index (χ4n) is 4.64. The van der Waals surface area contributed by atoms with Crippen molar-refractivity contribution in [3.63, 3.8) is 0 Å². The van der Waals surface area contributed by atoms with Crippen LogP contribution >= 0.6 is 0 Å². The maximum absolute atomic E-state index is 5.85. The Kier molecular flexibility index (Phi) is 8.78. The van der Waals surface area contributed by atoms with Crippen molar-refractivity contribution >= 4 is 17.5 Å². The second-order valence-electron chi connectivity index (χ2n) is 9.93. The number of rotatable bonds is 11. The second kappa shape index (κ2) is 13.0. The molecule has 0 aliphatic heterocycles. The topological polar surface area (TPSA) is 71.6 Å². The van der Waals surface area contributed by atoms with Crippen molar-refractivity contribution in [2.45, 2.75) is 0 Å². The molecule has 7 nitrogen and oxygen atoms in total. The van der Waals surface area contributed by atoms with Gasteiger partial charge in [-0.2, -0.15) is 0 Å². The predicted molar refractivity (Wildman–Crippen MR) is 173 cm³/mol. The molecule has 5 aromatic rings. The molecule has 214 valence electrons. The minimum Gasteiger partial charge on any atom is -0.493 e. The number of imidazole rings is 1. The maximum atomic E-state index is 5.85. The first kappa shape index (κ1) is 28.4. The second-order valence-corrected chi connectivity index (χ2v) is 9.93. The maximum Gasteiger partial charge on any atom is 0.164 e. The summed E-state index contributed by atoms with van der Waals surface area (Å²) in [6.07, 6.45) is 4.03. The van der Waals surface area contributed by atoms with E-state index in [0.29, 0.717) is 23.9 Å². The summed E-state index contributed by atoms with van der Waals surface area (Å²) < 4.78 is 16.5. The number of hydrogen-bond donors (Lipinski definition) is 2. The molecule has 0 amide bonds. The van der Waals surface area contributed by atoms with Crippen molar-refractivity contribution in [3.05, 3.63) is 103 Å². The standard InChI is InChI=1S/C35H36N4O3/c1-36-28-16-12-25(13-17-28)33-34(26-14-18-29(19-15-26)39(2)3)38-35(37-33)27-10-8-24(9-11-27)7-6-22-42-30-20-21-31(40-4)32(23-30)41-5/h6-21,23,36H,22H2,1-5H3,(H,37,38)/b7-6+. The Bertz CT molecular complexity index is 1640. The number of anilines is 2. The molecule has 0 saturated carbocycles. The summed E-state index contributed by atoms with van der Waals surface area (Å²) >= 11 is 0. The quantitative estimate of drug-likeness (QED) is 0.173. The molecule has 0 saturated heterocycles. The Hall–Kier alpha value is -5.17. The first-order chi connectivity index (χ1) is 20.5. The van der Waals surface area contributed by atoms with Gasteiger partial charge in [-0.3, -0.25) is 0 Å².